The first-order valence-corrected chi connectivity index (χ1v) is 12.1. The summed E-state index contributed by atoms with van der Waals surface area (Å²) in [6.45, 7) is 6.28. The number of ether oxygens (including phenoxy) is 1. The van der Waals surface area contributed by atoms with Gasteiger partial charge in [0.15, 0.2) is 0 Å². The number of hydrogen-bond acceptors (Lipinski definition) is 4. The summed E-state index contributed by atoms with van der Waals surface area (Å²) in [6.07, 6.45) is 0. The Kier molecular flexibility index (Phi) is 7.40. The van der Waals surface area contributed by atoms with E-state index in [1.165, 1.54) is 4.68 Å². The van der Waals surface area contributed by atoms with Gasteiger partial charge >= 0.3 is 11.8 Å². The van der Waals surface area contributed by atoms with Crippen LogP contribution in [0.25, 0.3) is 10.9 Å². The van der Waals surface area contributed by atoms with Gasteiger partial charge in [0, 0.05) is 21.2 Å². The smallest absolute Gasteiger partial charge is 0.328 e. The molecule has 0 fully saturated rings. The Morgan fingerprint density at radius 3 is 2.33 bits per heavy atom. The highest BCUT2D eigenvalue weighted by atomic mass is 79.9. The van der Waals surface area contributed by atoms with E-state index in [1.54, 1.807) is 42.5 Å². The molecule has 36 heavy (non-hydrogen) atoms. The maximum atomic E-state index is 13.2. The van der Waals surface area contributed by atoms with Crippen molar-refractivity contribution in [3.8, 4) is 5.75 Å². The zero-order chi connectivity index (χ0) is 25.8. The molecule has 0 spiro atoms. The van der Waals surface area contributed by atoms with Crippen LogP contribution >= 0.6 is 15.9 Å². The molecule has 3 amide bonds. The van der Waals surface area contributed by atoms with Crippen LogP contribution in [0, 0.1) is 13.8 Å². The quantitative estimate of drug-likeness (QED) is 0.281. The molecule has 1 heterocycles. The Hall–Kier alpha value is -4.11. The Labute approximate surface area is 216 Å². The Morgan fingerprint density at radius 2 is 1.64 bits per heavy atom. The molecule has 4 rings (SSSR count). The average Bonchev–Trinajstić information content (AvgIpc) is 3.19. The van der Waals surface area contributed by atoms with Gasteiger partial charge in [0.2, 0.25) is 0 Å². The van der Waals surface area contributed by atoms with Crippen molar-refractivity contribution in [2.75, 3.05) is 22.7 Å². The van der Waals surface area contributed by atoms with Gasteiger partial charge in [-0.2, -0.15) is 0 Å². The standard InChI is InChI=1S/C27H25BrN4O4/c1-4-36-21-9-7-20(8-10-21)29-26(34)27(35)31-32-23-12-6-19(28)14-18(23)15-24(32)25(33)30-22-11-5-16(2)13-17(22)3/h5-15H,4H2,1-3H3,(H,29,34)(H,30,33)(H,31,35). The molecule has 0 bridgehead atoms. The first-order valence-electron chi connectivity index (χ1n) is 11.3. The van der Waals surface area contributed by atoms with E-state index in [2.05, 4.69) is 32.0 Å². The van der Waals surface area contributed by atoms with Crippen molar-refractivity contribution in [3.63, 3.8) is 0 Å². The fraction of sp³-hybridized carbons (Fsp3) is 0.148. The third-order valence-corrected chi connectivity index (χ3v) is 5.96. The summed E-state index contributed by atoms with van der Waals surface area (Å²) in [4.78, 5) is 38.7. The molecule has 9 heteroatoms. The van der Waals surface area contributed by atoms with Crippen LogP contribution in [0.2, 0.25) is 0 Å². The summed E-state index contributed by atoms with van der Waals surface area (Å²) >= 11 is 3.43. The summed E-state index contributed by atoms with van der Waals surface area (Å²) in [6, 6.07) is 19.4. The monoisotopic (exact) mass is 548 g/mol. The second-order valence-electron chi connectivity index (χ2n) is 8.19. The molecule has 0 unspecified atom stereocenters. The van der Waals surface area contributed by atoms with Crippen LogP contribution < -0.4 is 20.8 Å². The number of rotatable bonds is 6. The summed E-state index contributed by atoms with van der Waals surface area (Å²) < 4.78 is 7.52. The fourth-order valence-corrected chi connectivity index (χ4v) is 4.13. The molecule has 4 aromatic rings. The van der Waals surface area contributed by atoms with E-state index in [0.717, 1.165) is 15.6 Å². The first-order chi connectivity index (χ1) is 17.2. The van der Waals surface area contributed by atoms with Gasteiger partial charge in [-0.3, -0.25) is 19.8 Å². The molecule has 3 N–H and O–H groups in total. The number of halogens is 1. The first kappa shape index (κ1) is 25.0. The lowest BCUT2D eigenvalue weighted by Crippen LogP contribution is -2.36. The van der Waals surface area contributed by atoms with Crippen molar-refractivity contribution in [1.29, 1.82) is 0 Å². The normalized spacial score (nSPS) is 10.7. The largest absolute Gasteiger partial charge is 0.494 e. The zero-order valence-corrected chi connectivity index (χ0v) is 21.6. The zero-order valence-electron chi connectivity index (χ0n) is 20.0. The van der Waals surface area contributed by atoms with Crippen LogP contribution in [0.5, 0.6) is 5.75 Å². The lowest BCUT2D eigenvalue weighted by Gasteiger charge is -2.14. The molecule has 3 aromatic carbocycles. The molecule has 1 aromatic heterocycles. The number of anilines is 2. The molecule has 0 radical (unpaired) electrons. The topological polar surface area (TPSA) is 101 Å². The molecule has 0 saturated heterocycles. The third-order valence-electron chi connectivity index (χ3n) is 5.47. The number of hydrogen-bond donors (Lipinski definition) is 3. The predicted octanol–water partition coefficient (Wildman–Crippen LogP) is 5.38. The van der Waals surface area contributed by atoms with Crippen LogP contribution in [0.1, 0.15) is 28.5 Å². The van der Waals surface area contributed by atoms with E-state index in [1.807, 2.05) is 45.0 Å². The molecular formula is C27H25BrN4O4. The molecular weight excluding hydrogens is 524 g/mol. The van der Waals surface area contributed by atoms with Gasteiger partial charge in [-0.15, -0.1) is 0 Å². The van der Waals surface area contributed by atoms with Gasteiger partial charge in [0.25, 0.3) is 5.91 Å². The summed E-state index contributed by atoms with van der Waals surface area (Å²) in [5.41, 5.74) is 6.37. The van der Waals surface area contributed by atoms with Gasteiger partial charge in [0.1, 0.15) is 11.4 Å². The number of carbonyl (C=O) groups excluding carboxylic acids is 3. The summed E-state index contributed by atoms with van der Waals surface area (Å²) in [5, 5.41) is 6.16. The van der Waals surface area contributed by atoms with Gasteiger partial charge in [-0.25, -0.2) is 4.68 Å². The SMILES string of the molecule is CCOc1ccc(NC(=O)C(=O)Nn2c(C(=O)Nc3ccc(C)cc3C)cc3cc(Br)ccc32)cc1. The van der Waals surface area contributed by atoms with Crippen LogP contribution in [-0.2, 0) is 9.59 Å². The number of carbonyl (C=O) groups is 3. The molecule has 0 atom stereocenters. The predicted molar refractivity (Wildman–Crippen MR) is 144 cm³/mol. The van der Waals surface area contributed by atoms with E-state index in [0.29, 0.717) is 34.6 Å². The number of aryl methyl sites for hydroxylation is 2. The van der Waals surface area contributed by atoms with Crippen molar-refractivity contribution >= 4 is 55.9 Å². The molecule has 184 valence electrons. The highest BCUT2D eigenvalue weighted by molar-refractivity contribution is 9.10. The number of fused-ring (bicyclic) bond motifs is 1. The second-order valence-corrected chi connectivity index (χ2v) is 9.11. The van der Waals surface area contributed by atoms with Crippen LogP contribution in [0.4, 0.5) is 11.4 Å². The number of aromatic nitrogens is 1. The lowest BCUT2D eigenvalue weighted by atomic mass is 10.1. The molecule has 0 aliphatic carbocycles. The summed E-state index contributed by atoms with van der Waals surface area (Å²) in [5.74, 6) is -1.57. The molecule has 0 saturated carbocycles. The minimum atomic E-state index is -0.926. The van der Waals surface area contributed by atoms with Crippen molar-refractivity contribution in [2.45, 2.75) is 20.8 Å². The number of nitrogens with zero attached hydrogens (tertiary/aromatic N) is 1. The Balaban J connectivity index is 1.58. The molecule has 0 aliphatic rings. The van der Waals surface area contributed by atoms with Gasteiger partial charge in [-0.1, -0.05) is 33.6 Å². The van der Waals surface area contributed by atoms with E-state index in [9.17, 15) is 14.4 Å². The molecule has 0 aliphatic heterocycles. The number of nitrogens with one attached hydrogen (secondary N) is 3. The minimum Gasteiger partial charge on any atom is -0.494 e. The Bertz CT molecular complexity index is 1460. The van der Waals surface area contributed by atoms with Crippen LogP contribution in [0.3, 0.4) is 0 Å². The fourth-order valence-electron chi connectivity index (χ4n) is 3.76. The van der Waals surface area contributed by atoms with E-state index in [-0.39, 0.29) is 5.69 Å². The second kappa shape index (κ2) is 10.7. The number of amides is 3. The van der Waals surface area contributed by atoms with Crippen LogP contribution in [-0.4, -0.2) is 29.0 Å². The summed E-state index contributed by atoms with van der Waals surface area (Å²) in [7, 11) is 0. The van der Waals surface area contributed by atoms with Gasteiger partial charge in [-0.05, 0) is 80.9 Å². The van der Waals surface area contributed by atoms with Crippen molar-refractivity contribution in [1.82, 2.24) is 4.68 Å². The van der Waals surface area contributed by atoms with Crippen molar-refractivity contribution in [2.24, 2.45) is 0 Å². The molecule has 8 nitrogen and oxygen atoms in total. The van der Waals surface area contributed by atoms with Crippen LogP contribution in [0.15, 0.2) is 71.2 Å². The maximum absolute atomic E-state index is 13.2. The van der Waals surface area contributed by atoms with E-state index >= 15 is 0 Å². The van der Waals surface area contributed by atoms with Gasteiger partial charge in [0.05, 0.1) is 12.1 Å². The van der Waals surface area contributed by atoms with Gasteiger partial charge < -0.3 is 15.4 Å². The van der Waals surface area contributed by atoms with E-state index < -0.39 is 17.7 Å². The Morgan fingerprint density at radius 1 is 0.889 bits per heavy atom. The van der Waals surface area contributed by atoms with E-state index in [4.69, 9.17) is 4.74 Å². The third kappa shape index (κ3) is 5.58. The minimum absolute atomic E-state index is 0.172. The number of benzene rings is 3. The van der Waals surface area contributed by atoms with Crippen molar-refractivity contribution < 1.29 is 19.1 Å². The highest BCUT2D eigenvalue weighted by Gasteiger charge is 2.21. The van der Waals surface area contributed by atoms with Crippen molar-refractivity contribution in [3.05, 3.63) is 88.0 Å². The highest BCUT2D eigenvalue weighted by Crippen LogP contribution is 2.25. The lowest BCUT2D eigenvalue weighted by molar-refractivity contribution is -0.133. The maximum Gasteiger partial charge on any atom is 0.328 e. The average molecular weight is 549 g/mol.